The van der Waals surface area contributed by atoms with Gasteiger partial charge in [-0.05, 0) is 40.8 Å². The summed E-state index contributed by atoms with van der Waals surface area (Å²) in [5.41, 5.74) is 6.65. The Kier molecular flexibility index (Phi) is 4.57. The molecule has 4 aromatic heterocycles. The standard InChI is InChI=1S/C26H20BNS3/c1-19-11-13-20(14-12-19)25-21-7-2-3-15-28(21)27(23-9-5-17-30-23,24-10-6-18-31-24)26(25)22-8-4-16-29-22/h2-18H,1H3. The second-order valence-corrected chi connectivity index (χ2v) is 10.9. The molecule has 150 valence electrons. The number of fused-ring (bicyclic) bond motifs is 1. The second-order valence-electron chi connectivity index (χ2n) is 7.98. The van der Waals surface area contributed by atoms with Crippen molar-refractivity contribution in [3.8, 4) is 0 Å². The fraction of sp³-hybridized carbons (Fsp3) is 0.0385. The Hall–Kier alpha value is -2.73. The number of hydrogen-bond acceptors (Lipinski definition) is 3. The molecule has 1 nitrogen and oxygen atoms in total. The SMILES string of the molecule is Cc1ccc(C2=C(c3cccs3)[B-](c3cccs3)(c3cccs3)[n+]3ccccc32)cc1. The van der Waals surface area contributed by atoms with Crippen LogP contribution in [0.3, 0.4) is 0 Å². The van der Waals surface area contributed by atoms with E-state index >= 15 is 0 Å². The average molecular weight is 453 g/mol. The van der Waals surface area contributed by atoms with E-state index in [2.05, 4.69) is 113 Å². The number of nitrogens with zero attached hydrogens (tertiary/aromatic N) is 1. The summed E-state index contributed by atoms with van der Waals surface area (Å²) in [6.07, 6.45) is 0.975. The third-order valence-corrected chi connectivity index (χ3v) is 9.28. The van der Waals surface area contributed by atoms with Gasteiger partial charge >= 0.3 is 6.28 Å². The molecular formula is C26H20BNS3. The number of rotatable bonds is 4. The highest BCUT2D eigenvalue weighted by Gasteiger charge is 2.53. The lowest BCUT2D eigenvalue weighted by Gasteiger charge is -2.32. The van der Waals surface area contributed by atoms with E-state index in [1.54, 1.807) is 0 Å². The monoisotopic (exact) mass is 453 g/mol. The second kappa shape index (κ2) is 7.45. The Balaban J connectivity index is 1.82. The summed E-state index contributed by atoms with van der Waals surface area (Å²) < 4.78 is 5.37. The highest BCUT2D eigenvalue weighted by Crippen LogP contribution is 2.42. The first-order valence-corrected chi connectivity index (χ1v) is 13.0. The number of benzene rings is 1. The van der Waals surface area contributed by atoms with Crippen LogP contribution in [0, 0.1) is 6.92 Å². The summed E-state index contributed by atoms with van der Waals surface area (Å²) in [6.45, 7) is 2.15. The summed E-state index contributed by atoms with van der Waals surface area (Å²) in [5, 5.41) is 6.63. The number of aromatic nitrogens is 1. The van der Waals surface area contributed by atoms with E-state index in [9.17, 15) is 0 Å². The first-order valence-electron chi connectivity index (χ1n) is 10.4. The molecule has 1 aliphatic rings. The Morgan fingerprint density at radius 2 is 1.35 bits per heavy atom. The van der Waals surface area contributed by atoms with Crippen molar-refractivity contribution >= 4 is 60.9 Å². The van der Waals surface area contributed by atoms with E-state index in [1.807, 2.05) is 34.0 Å². The zero-order chi connectivity index (χ0) is 20.8. The van der Waals surface area contributed by atoms with E-state index < -0.39 is 6.28 Å². The molecule has 0 unspecified atom stereocenters. The third kappa shape index (κ3) is 2.77. The molecular weight excluding hydrogens is 433 g/mol. The molecule has 0 bridgehead atoms. The molecule has 0 fully saturated rings. The van der Waals surface area contributed by atoms with E-state index in [-0.39, 0.29) is 0 Å². The van der Waals surface area contributed by atoms with Gasteiger partial charge in [-0.2, -0.15) is 22.7 Å². The lowest BCUT2D eigenvalue weighted by Crippen LogP contribution is -2.76. The molecule has 5 heteroatoms. The fourth-order valence-electron chi connectivity index (χ4n) is 5.03. The van der Waals surface area contributed by atoms with E-state index in [0.29, 0.717) is 0 Å². The van der Waals surface area contributed by atoms with Crippen LogP contribution in [-0.4, -0.2) is 6.28 Å². The predicted octanol–water partition coefficient (Wildman–Crippen LogP) is 5.59. The largest absolute Gasteiger partial charge is 0.407 e. The topological polar surface area (TPSA) is 3.88 Å². The average Bonchev–Trinajstić information content (AvgIpc) is 3.60. The maximum absolute atomic E-state index is 2.56. The van der Waals surface area contributed by atoms with Gasteiger partial charge in [0.2, 0.25) is 0 Å². The van der Waals surface area contributed by atoms with Crippen molar-refractivity contribution in [1.29, 1.82) is 0 Å². The first kappa shape index (κ1) is 19.0. The summed E-state index contributed by atoms with van der Waals surface area (Å²) in [4.78, 5) is 1.35. The molecule has 1 aliphatic heterocycles. The lowest BCUT2D eigenvalue weighted by atomic mass is 9.29. The zero-order valence-corrected chi connectivity index (χ0v) is 19.5. The van der Waals surface area contributed by atoms with Gasteiger partial charge in [-0.1, -0.05) is 81.3 Å². The highest BCUT2D eigenvalue weighted by atomic mass is 32.1. The maximum atomic E-state index is 2.56. The van der Waals surface area contributed by atoms with Gasteiger partial charge in [0, 0.05) is 16.5 Å². The predicted molar refractivity (Wildman–Crippen MR) is 137 cm³/mol. The minimum Gasteiger partial charge on any atom is -0.407 e. The molecule has 0 radical (unpaired) electrons. The number of pyridine rings is 1. The van der Waals surface area contributed by atoms with Crippen molar-refractivity contribution in [3.05, 3.63) is 123 Å². The molecule has 0 N–H and O–H groups in total. The normalized spacial score (nSPS) is 14.7. The smallest absolute Gasteiger partial charge is 0.381 e. The summed E-state index contributed by atoms with van der Waals surface area (Å²) in [6, 6.07) is 29.1. The number of hydrogen-bond donors (Lipinski definition) is 0. The number of thiophene rings is 3. The lowest BCUT2D eigenvalue weighted by molar-refractivity contribution is -0.539. The molecule has 0 spiro atoms. The molecule has 5 aromatic rings. The summed E-state index contributed by atoms with van der Waals surface area (Å²) >= 11 is 5.57. The van der Waals surface area contributed by atoms with Gasteiger partial charge in [0.1, 0.15) is 6.20 Å². The Bertz CT molecular complexity index is 1330. The molecule has 6 rings (SSSR count). The van der Waals surface area contributed by atoms with Gasteiger partial charge in [0.05, 0.1) is 0 Å². The summed E-state index contributed by atoms with van der Waals surface area (Å²) in [5.74, 6) is 0. The first-order chi connectivity index (χ1) is 15.3. The minimum atomic E-state index is -1.31. The van der Waals surface area contributed by atoms with Gasteiger partial charge < -0.3 is 4.48 Å². The molecule has 0 amide bonds. The van der Waals surface area contributed by atoms with Crippen LogP contribution in [-0.2, 0) is 0 Å². The quantitative estimate of drug-likeness (QED) is 0.313. The van der Waals surface area contributed by atoms with Crippen molar-refractivity contribution in [2.45, 2.75) is 6.92 Å². The fourth-order valence-corrected chi connectivity index (χ4v) is 8.02. The molecule has 0 aliphatic carbocycles. The minimum absolute atomic E-state index is 1.28. The van der Waals surface area contributed by atoms with E-state index in [0.717, 1.165) is 0 Å². The molecule has 31 heavy (non-hydrogen) atoms. The van der Waals surface area contributed by atoms with Crippen LogP contribution in [0.1, 0.15) is 21.7 Å². The van der Waals surface area contributed by atoms with Crippen molar-refractivity contribution < 1.29 is 4.48 Å². The Labute approximate surface area is 194 Å². The molecule has 0 atom stereocenters. The van der Waals surface area contributed by atoms with Crippen LogP contribution in [0.4, 0.5) is 0 Å². The van der Waals surface area contributed by atoms with Crippen molar-refractivity contribution in [2.24, 2.45) is 0 Å². The van der Waals surface area contributed by atoms with Gasteiger partial charge in [-0.25, -0.2) is 0 Å². The van der Waals surface area contributed by atoms with Gasteiger partial charge in [-0.15, -0.1) is 11.3 Å². The van der Waals surface area contributed by atoms with Gasteiger partial charge in [-0.3, -0.25) is 0 Å². The van der Waals surface area contributed by atoms with Crippen LogP contribution in [0.15, 0.2) is 101 Å². The van der Waals surface area contributed by atoms with Crippen LogP contribution in [0.25, 0.3) is 11.0 Å². The van der Waals surface area contributed by atoms with Crippen molar-refractivity contribution in [3.63, 3.8) is 0 Å². The summed E-state index contributed by atoms with van der Waals surface area (Å²) in [7, 11) is 0. The van der Waals surface area contributed by atoms with Crippen LogP contribution >= 0.6 is 34.0 Å². The number of aryl methyl sites for hydroxylation is 1. The van der Waals surface area contributed by atoms with Crippen LogP contribution in [0.5, 0.6) is 0 Å². The molecule has 1 aromatic carbocycles. The highest BCUT2D eigenvalue weighted by molar-refractivity contribution is 7.39. The van der Waals surface area contributed by atoms with Crippen molar-refractivity contribution in [2.75, 3.05) is 0 Å². The molecule has 0 saturated carbocycles. The maximum Gasteiger partial charge on any atom is 0.381 e. The van der Waals surface area contributed by atoms with Crippen molar-refractivity contribution in [1.82, 2.24) is 0 Å². The van der Waals surface area contributed by atoms with E-state index in [4.69, 9.17) is 0 Å². The van der Waals surface area contributed by atoms with Gasteiger partial charge in [0.25, 0.3) is 0 Å². The zero-order valence-electron chi connectivity index (χ0n) is 17.1. The van der Waals surface area contributed by atoms with Crippen LogP contribution < -0.4 is 14.0 Å². The molecule has 5 heterocycles. The van der Waals surface area contributed by atoms with E-state index in [1.165, 1.54) is 42.3 Å². The Morgan fingerprint density at radius 3 is 1.97 bits per heavy atom. The molecule has 0 saturated heterocycles. The van der Waals surface area contributed by atoms with Crippen LogP contribution in [0.2, 0.25) is 0 Å². The third-order valence-electron chi connectivity index (χ3n) is 6.29. The van der Waals surface area contributed by atoms with Gasteiger partial charge in [0.15, 0.2) is 5.69 Å². The Morgan fingerprint density at radius 1 is 0.677 bits per heavy atom.